The molecule has 23 heavy (non-hydrogen) atoms. The third-order valence-electron chi connectivity index (χ3n) is 3.44. The summed E-state index contributed by atoms with van der Waals surface area (Å²) in [6, 6.07) is 9.59. The van der Waals surface area contributed by atoms with Crippen molar-refractivity contribution in [3.8, 4) is 17.3 Å². The summed E-state index contributed by atoms with van der Waals surface area (Å²) in [5.41, 5.74) is 1.82. The van der Waals surface area contributed by atoms with Gasteiger partial charge in [0.05, 0.1) is 5.69 Å². The molecule has 1 aromatic heterocycles. The molecule has 0 aliphatic heterocycles. The van der Waals surface area contributed by atoms with Gasteiger partial charge in [-0.1, -0.05) is 23.9 Å². The Bertz CT molecular complexity index is 767. The fourth-order valence-electron chi connectivity index (χ4n) is 2.26. The Morgan fingerprint density at radius 1 is 1.39 bits per heavy atom. The number of hydrogen-bond acceptors (Lipinski definition) is 5. The van der Waals surface area contributed by atoms with Gasteiger partial charge in [-0.15, -0.1) is 11.6 Å². The van der Waals surface area contributed by atoms with Gasteiger partial charge in [0.15, 0.2) is 5.16 Å². The molecule has 0 atom stereocenters. The van der Waals surface area contributed by atoms with Crippen LogP contribution in [0.4, 0.5) is 5.69 Å². The van der Waals surface area contributed by atoms with Crippen LogP contribution in [-0.4, -0.2) is 35.2 Å². The number of aromatic nitrogens is 2. The summed E-state index contributed by atoms with van der Waals surface area (Å²) >= 11 is 7.14. The predicted molar refractivity (Wildman–Crippen MR) is 95.4 cm³/mol. The molecule has 5 nitrogen and oxygen atoms in total. The Morgan fingerprint density at radius 3 is 2.61 bits per heavy atom. The maximum atomic E-state index is 12.0. The Morgan fingerprint density at radius 2 is 2.09 bits per heavy atom. The average Bonchev–Trinajstić information content (AvgIpc) is 2.59. The van der Waals surface area contributed by atoms with Crippen molar-refractivity contribution >= 4 is 29.1 Å². The van der Waals surface area contributed by atoms with Crippen LogP contribution in [0.2, 0.25) is 0 Å². The van der Waals surface area contributed by atoms with Crippen molar-refractivity contribution in [3.63, 3.8) is 0 Å². The second-order valence-electron chi connectivity index (χ2n) is 4.73. The molecule has 0 aliphatic rings. The largest absolute Gasteiger partial charge is 0.371 e. The number of benzene rings is 1. The van der Waals surface area contributed by atoms with E-state index in [-0.39, 0.29) is 5.56 Å². The van der Waals surface area contributed by atoms with Gasteiger partial charge in [0, 0.05) is 30.2 Å². The minimum absolute atomic E-state index is 0.0312. The van der Waals surface area contributed by atoms with Crippen molar-refractivity contribution in [1.29, 1.82) is 5.26 Å². The summed E-state index contributed by atoms with van der Waals surface area (Å²) in [4.78, 5) is 21.1. The molecule has 0 amide bonds. The smallest absolute Gasteiger partial charge is 0.270 e. The first-order chi connectivity index (χ1) is 11.1. The van der Waals surface area contributed by atoms with Gasteiger partial charge in [-0.3, -0.25) is 4.79 Å². The summed E-state index contributed by atoms with van der Waals surface area (Å²) in [6.07, 6.45) is 1.82. The molecule has 2 aromatic rings. The Balaban J connectivity index is 2.45. The number of nitriles is 1. The van der Waals surface area contributed by atoms with Crippen LogP contribution < -0.4 is 10.5 Å². The summed E-state index contributed by atoms with van der Waals surface area (Å²) in [7, 11) is 0. The molecule has 0 saturated carbocycles. The van der Waals surface area contributed by atoms with E-state index in [4.69, 9.17) is 11.6 Å². The lowest BCUT2D eigenvalue weighted by Crippen LogP contribution is -2.24. The van der Waals surface area contributed by atoms with Crippen LogP contribution in [0.3, 0.4) is 0 Å². The normalized spacial score (nSPS) is 10.3. The van der Waals surface area contributed by atoms with E-state index in [0.717, 1.165) is 24.3 Å². The SMILES string of the molecule is CCN(CCCl)c1ccc(-c2nc(SC)[nH]c(=O)c2C#N)cc1. The zero-order chi connectivity index (χ0) is 16.8. The minimum Gasteiger partial charge on any atom is -0.371 e. The quantitative estimate of drug-likeness (QED) is 0.493. The number of nitrogens with zero attached hydrogens (tertiary/aromatic N) is 3. The molecule has 1 heterocycles. The van der Waals surface area contributed by atoms with Gasteiger partial charge in [0.1, 0.15) is 11.6 Å². The zero-order valence-electron chi connectivity index (χ0n) is 13.0. The van der Waals surface area contributed by atoms with Crippen LogP contribution in [0.25, 0.3) is 11.3 Å². The molecule has 2 rings (SSSR count). The van der Waals surface area contributed by atoms with Gasteiger partial charge in [0.25, 0.3) is 5.56 Å². The molecule has 0 fully saturated rings. The lowest BCUT2D eigenvalue weighted by atomic mass is 10.1. The molecular formula is C16H17ClN4OS. The number of halogens is 1. The zero-order valence-corrected chi connectivity index (χ0v) is 14.5. The second-order valence-corrected chi connectivity index (χ2v) is 5.90. The number of H-pyrrole nitrogens is 1. The predicted octanol–water partition coefficient (Wildman–Crippen LogP) is 3.10. The molecule has 1 N–H and O–H groups in total. The molecule has 0 radical (unpaired) electrons. The third kappa shape index (κ3) is 3.87. The fraction of sp³-hybridized carbons (Fsp3) is 0.312. The number of rotatable bonds is 6. The highest BCUT2D eigenvalue weighted by Crippen LogP contribution is 2.24. The van der Waals surface area contributed by atoms with E-state index in [0.29, 0.717) is 16.7 Å². The topological polar surface area (TPSA) is 72.8 Å². The summed E-state index contributed by atoms with van der Waals surface area (Å²) in [5.74, 6) is 0.556. The van der Waals surface area contributed by atoms with Gasteiger partial charge >= 0.3 is 0 Å². The van der Waals surface area contributed by atoms with Crippen molar-refractivity contribution in [2.45, 2.75) is 12.1 Å². The number of anilines is 1. The van der Waals surface area contributed by atoms with E-state index in [2.05, 4.69) is 21.8 Å². The molecule has 0 aliphatic carbocycles. The number of aromatic amines is 1. The molecule has 0 unspecified atom stereocenters. The highest BCUT2D eigenvalue weighted by molar-refractivity contribution is 7.98. The number of alkyl halides is 1. The molecule has 1 aromatic carbocycles. The minimum atomic E-state index is -0.414. The van der Waals surface area contributed by atoms with Crippen LogP contribution in [0.5, 0.6) is 0 Å². The van der Waals surface area contributed by atoms with E-state index in [9.17, 15) is 10.1 Å². The van der Waals surface area contributed by atoms with E-state index < -0.39 is 5.56 Å². The van der Waals surface area contributed by atoms with Crippen LogP contribution in [-0.2, 0) is 0 Å². The fourth-order valence-corrected chi connectivity index (χ4v) is 2.85. The lowest BCUT2D eigenvalue weighted by molar-refractivity contribution is 0.870. The van der Waals surface area contributed by atoms with Crippen molar-refractivity contribution in [3.05, 3.63) is 40.2 Å². The van der Waals surface area contributed by atoms with Crippen molar-refractivity contribution in [2.24, 2.45) is 0 Å². The van der Waals surface area contributed by atoms with E-state index in [1.54, 1.807) is 0 Å². The Labute approximate surface area is 144 Å². The number of thioether (sulfide) groups is 1. The maximum absolute atomic E-state index is 12.0. The molecule has 120 valence electrons. The molecule has 0 bridgehead atoms. The van der Waals surface area contributed by atoms with Gasteiger partial charge in [-0.25, -0.2) is 4.98 Å². The first kappa shape index (κ1) is 17.4. The first-order valence-electron chi connectivity index (χ1n) is 7.14. The second kappa shape index (κ2) is 8.04. The highest BCUT2D eigenvalue weighted by Gasteiger charge is 2.13. The summed E-state index contributed by atoms with van der Waals surface area (Å²) in [6.45, 7) is 3.69. The van der Waals surface area contributed by atoms with Crippen LogP contribution >= 0.6 is 23.4 Å². The van der Waals surface area contributed by atoms with Gasteiger partial charge < -0.3 is 9.88 Å². The lowest BCUT2D eigenvalue weighted by Gasteiger charge is -2.22. The van der Waals surface area contributed by atoms with E-state index in [1.807, 2.05) is 36.6 Å². The van der Waals surface area contributed by atoms with Gasteiger partial charge in [0.2, 0.25) is 0 Å². The molecule has 7 heteroatoms. The Kier molecular flexibility index (Phi) is 6.08. The molecular weight excluding hydrogens is 332 g/mol. The number of hydrogen-bond donors (Lipinski definition) is 1. The first-order valence-corrected chi connectivity index (χ1v) is 8.90. The van der Waals surface area contributed by atoms with Crippen molar-refractivity contribution in [2.75, 3.05) is 30.1 Å². The van der Waals surface area contributed by atoms with Crippen molar-refractivity contribution in [1.82, 2.24) is 9.97 Å². The monoisotopic (exact) mass is 348 g/mol. The van der Waals surface area contributed by atoms with E-state index in [1.165, 1.54) is 11.8 Å². The van der Waals surface area contributed by atoms with Crippen molar-refractivity contribution < 1.29 is 0 Å². The highest BCUT2D eigenvalue weighted by atomic mass is 35.5. The number of nitrogens with one attached hydrogen (secondary N) is 1. The Hall–Kier alpha value is -1.97. The van der Waals surface area contributed by atoms with Gasteiger partial charge in [-0.05, 0) is 25.3 Å². The van der Waals surface area contributed by atoms with Crippen LogP contribution in [0, 0.1) is 11.3 Å². The molecule has 0 saturated heterocycles. The van der Waals surface area contributed by atoms with Gasteiger partial charge in [-0.2, -0.15) is 5.26 Å². The molecule has 0 spiro atoms. The van der Waals surface area contributed by atoms with E-state index >= 15 is 0 Å². The summed E-state index contributed by atoms with van der Waals surface area (Å²) in [5, 5.41) is 9.73. The standard InChI is InChI=1S/C16H17ClN4OS/c1-3-21(9-8-17)12-6-4-11(5-7-12)14-13(10-18)15(22)20-16(19-14)23-2/h4-7H,3,8-9H2,1-2H3,(H,19,20,22). The van der Waals surface area contributed by atoms with Crippen LogP contribution in [0.1, 0.15) is 12.5 Å². The summed E-state index contributed by atoms with van der Waals surface area (Å²) < 4.78 is 0. The van der Waals surface area contributed by atoms with Crippen LogP contribution in [0.15, 0.2) is 34.2 Å². The third-order valence-corrected chi connectivity index (χ3v) is 4.19. The average molecular weight is 349 g/mol. The maximum Gasteiger partial charge on any atom is 0.270 e.